The molecular weight excluding hydrogens is 352 g/mol. The lowest BCUT2D eigenvalue weighted by atomic mass is 10.0. The second-order valence-corrected chi connectivity index (χ2v) is 9.14. The van der Waals surface area contributed by atoms with E-state index < -0.39 is 16.1 Å². The van der Waals surface area contributed by atoms with Gasteiger partial charge in [-0.05, 0) is 31.2 Å². The summed E-state index contributed by atoms with van der Waals surface area (Å²) in [6, 6.07) is 9.54. The topological polar surface area (TPSA) is 66.9 Å². The predicted octanol–water partition coefficient (Wildman–Crippen LogP) is 2.01. The molecule has 0 aliphatic carbocycles. The number of amides is 1. The molecule has 1 unspecified atom stereocenters. The molecule has 0 radical (unpaired) electrons. The van der Waals surface area contributed by atoms with Gasteiger partial charge in [0.1, 0.15) is 6.04 Å². The van der Waals surface area contributed by atoms with Crippen molar-refractivity contribution in [1.29, 1.82) is 0 Å². The second-order valence-electron chi connectivity index (χ2n) is 7.21. The smallest absolute Gasteiger partial charge is 0.241 e. The van der Waals surface area contributed by atoms with Crippen molar-refractivity contribution in [2.45, 2.75) is 50.9 Å². The van der Waals surface area contributed by atoms with E-state index in [0.717, 1.165) is 31.2 Å². The van der Waals surface area contributed by atoms with Crippen LogP contribution in [0.15, 0.2) is 30.3 Å². The number of hydrogen-bond donors (Lipinski definition) is 0. The van der Waals surface area contributed by atoms with E-state index in [0.29, 0.717) is 32.7 Å². The Labute approximate surface area is 156 Å². The Bertz CT molecular complexity index is 700. The van der Waals surface area contributed by atoms with Crippen LogP contribution >= 0.6 is 0 Å². The van der Waals surface area contributed by atoms with Crippen LogP contribution in [0.3, 0.4) is 0 Å². The van der Waals surface area contributed by atoms with Gasteiger partial charge in [-0.3, -0.25) is 4.79 Å². The average molecular weight is 381 g/mol. The van der Waals surface area contributed by atoms with Crippen molar-refractivity contribution in [3.63, 3.8) is 0 Å². The van der Waals surface area contributed by atoms with Crippen molar-refractivity contribution in [2.24, 2.45) is 0 Å². The molecule has 2 saturated heterocycles. The summed E-state index contributed by atoms with van der Waals surface area (Å²) in [6.45, 7) is 2.30. The van der Waals surface area contributed by atoms with E-state index >= 15 is 0 Å². The monoisotopic (exact) mass is 380 g/mol. The van der Waals surface area contributed by atoms with E-state index in [4.69, 9.17) is 4.74 Å². The van der Waals surface area contributed by atoms with Gasteiger partial charge in [0.2, 0.25) is 15.9 Å². The van der Waals surface area contributed by atoms with E-state index in [1.54, 1.807) is 0 Å². The summed E-state index contributed by atoms with van der Waals surface area (Å²) in [4.78, 5) is 14.7. The number of hydrogen-bond acceptors (Lipinski definition) is 4. The third-order valence-corrected chi connectivity index (χ3v) is 6.54. The van der Waals surface area contributed by atoms with Crippen molar-refractivity contribution < 1.29 is 17.9 Å². The fourth-order valence-corrected chi connectivity index (χ4v) is 4.91. The zero-order chi connectivity index (χ0) is 18.6. The first-order chi connectivity index (χ1) is 12.4. The van der Waals surface area contributed by atoms with Crippen LogP contribution in [0, 0.1) is 0 Å². The number of carbonyl (C=O) groups is 1. The molecule has 2 fully saturated rings. The molecule has 6 nitrogen and oxygen atoms in total. The Hall–Kier alpha value is -1.44. The van der Waals surface area contributed by atoms with Gasteiger partial charge in [-0.15, -0.1) is 0 Å². The molecule has 0 spiro atoms. The normalized spacial score (nSPS) is 23.1. The molecule has 3 rings (SSSR count). The summed E-state index contributed by atoms with van der Waals surface area (Å²) in [5, 5.41) is 0. The summed E-state index contributed by atoms with van der Waals surface area (Å²) < 4.78 is 31.3. The summed E-state index contributed by atoms with van der Waals surface area (Å²) in [5.41, 5.74) is 1.15. The minimum atomic E-state index is -3.35. The second kappa shape index (κ2) is 8.50. The summed E-state index contributed by atoms with van der Waals surface area (Å²) in [6.07, 6.45) is 5.29. The van der Waals surface area contributed by atoms with Crippen molar-refractivity contribution >= 4 is 15.9 Å². The molecule has 1 aromatic carbocycles. The minimum absolute atomic E-state index is 0.0448. The molecule has 0 bridgehead atoms. The van der Waals surface area contributed by atoms with Crippen molar-refractivity contribution in [1.82, 2.24) is 9.21 Å². The van der Waals surface area contributed by atoms with Crippen LogP contribution in [-0.4, -0.2) is 61.6 Å². The molecule has 0 aromatic heterocycles. The molecule has 144 valence electrons. The largest absolute Gasteiger partial charge is 0.373 e. The Morgan fingerprint density at radius 1 is 1.08 bits per heavy atom. The Morgan fingerprint density at radius 2 is 1.77 bits per heavy atom. The number of nitrogens with zero attached hydrogens (tertiary/aromatic N) is 2. The maximum atomic E-state index is 12.9. The van der Waals surface area contributed by atoms with E-state index in [1.807, 2.05) is 35.2 Å². The average Bonchev–Trinajstić information content (AvgIpc) is 2.66. The third-order valence-electron chi connectivity index (χ3n) is 5.25. The number of piperidine rings is 2. The number of ether oxygens (including phenoxy) is 1. The van der Waals surface area contributed by atoms with E-state index in [2.05, 4.69) is 0 Å². The molecule has 0 N–H and O–H groups in total. The fourth-order valence-electron chi connectivity index (χ4n) is 3.79. The molecule has 2 heterocycles. The highest BCUT2D eigenvalue weighted by atomic mass is 32.2. The zero-order valence-corrected chi connectivity index (χ0v) is 16.2. The van der Waals surface area contributed by atoms with Crippen molar-refractivity contribution in [3.05, 3.63) is 35.9 Å². The number of likely N-dealkylation sites (tertiary alicyclic amines) is 1. The highest BCUT2D eigenvalue weighted by Crippen LogP contribution is 2.24. The standard InChI is InChI=1S/C19H28N2O4S/c1-26(23,24)21-12-6-5-9-18(21)19(22)20-13-10-17(11-14-20)25-15-16-7-3-2-4-8-16/h2-4,7-8,17-18H,5-6,9-15H2,1H3. The van der Waals surface area contributed by atoms with Crippen LogP contribution in [0.1, 0.15) is 37.7 Å². The Morgan fingerprint density at radius 3 is 2.42 bits per heavy atom. The van der Waals surface area contributed by atoms with Gasteiger partial charge in [0.15, 0.2) is 0 Å². The van der Waals surface area contributed by atoms with E-state index in [-0.39, 0.29) is 12.0 Å². The van der Waals surface area contributed by atoms with Gasteiger partial charge < -0.3 is 9.64 Å². The molecule has 7 heteroatoms. The lowest BCUT2D eigenvalue weighted by Gasteiger charge is -2.38. The minimum Gasteiger partial charge on any atom is -0.373 e. The Kier molecular flexibility index (Phi) is 6.32. The predicted molar refractivity (Wildman–Crippen MR) is 100 cm³/mol. The summed E-state index contributed by atoms with van der Waals surface area (Å²) in [7, 11) is -3.35. The van der Waals surface area contributed by atoms with Gasteiger partial charge >= 0.3 is 0 Å². The third kappa shape index (κ3) is 4.84. The maximum Gasteiger partial charge on any atom is 0.241 e. The molecule has 1 amide bonds. The van der Waals surface area contributed by atoms with Crippen LogP contribution in [0.2, 0.25) is 0 Å². The van der Waals surface area contributed by atoms with E-state index in [1.165, 1.54) is 10.6 Å². The molecule has 0 saturated carbocycles. The molecule has 2 aliphatic heterocycles. The molecular formula is C19H28N2O4S. The first kappa shape index (κ1) is 19.3. The lowest BCUT2D eigenvalue weighted by Crippen LogP contribution is -2.54. The first-order valence-electron chi connectivity index (χ1n) is 9.36. The quantitative estimate of drug-likeness (QED) is 0.784. The van der Waals surface area contributed by atoms with Gasteiger partial charge in [0.05, 0.1) is 19.0 Å². The molecule has 26 heavy (non-hydrogen) atoms. The van der Waals surface area contributed by atoms with Crippen LogP contribution in [0.5, 0.6) is 0 Å². The number of rotatable bonds is 5. The van der Waals surface area contributed by atoms with Crippen LogP contribution in [0.25, 0.3) is 0 Å². The van der Waals surface area contributed by atoms with E-state index in [9.17, 15) is 13.2 Å². The van der Waals surface area contributed by atoms with Gasteiger partial charge in [-0.25, -0.2) is 8.42 Å². The van der Waals surface area contributed by atoms with Crippen LogP contribution < -0.4 is 0 Å². The maximum absolute atomic E-state index is 12.9. The summed E-state index contributed by atoms with van der Waals surface area (Å²) >= 11 is 0. The first-order valence-corrected chi connectivity index (χ1v) is 11.2. The molecule has 1 aromatic rings. The van der Waals surface area contributed by atoms with Crippen molar-refractivity contribution in [3.8, 4) is 0 Å². The van der Waals surface area contributed by atoms with Gasteiger partial charge in [-0.1, -0.05) is 36.8 Å². The molecule has 2 aliphatic rings. The van der Waals surface area contributed by atoms with Gasteiger partial charge in [0.25, 0.3) is 0 Å². The lowest BCUT2D eigenvalue weighted by molar-refractivity contribution is -0.139. The van der Waals surface area contributed by atoms with Gasteiger partial charge in [0, 0.05) is 19.6 Å². The molecule has 1 atom stereocenters. The number of benzene rings is 1. The zero-order valence-electron chi connectivity index (χ0n) is 15.3. The highest BCUT2D eigenvalue weighted by molar-refractivity contribution is 7.88. The van der Waals surface area contributed by atoms with Crippen LogP contribution in [0.4, 0.5) is 0 Å². The fraction of sp³-hybridized carbons (Fsp3) is 0.632. The SMILES string of the molecule is CS(=O)(=O)N1CCCCC1C(=O)N1CCC(OCc2ccccc2)CC1. The van der Waals surface area contributed by atoms with Crippen LogP contribution in [-0.2, 0) is 26.2 Å². The van der Waals surface area contributed by atoms with Gasteiger partial charge in [-0.2, -0.15) is 4.31 Å². The number of carbonyl (C=O) groups excluding carboxylic acids is 1. The Balaban J connectivity index is 1.51. The summed E-state index contributed by atoms with van der Waals surface area (Å²) in [5.74, 6) is -0.0448. The highest BCUT2D eigenvalue weighted by Gasteiger charge is 2.37. The number of sulfonamides is 1. The van der Waals surface area contributed by atoms with Crippen molar-refractivity contribution in [2.75, 3.05) is 25.9 Å².